The Labute approximate surface area is 590 Å². The standard InChI is InChI=1S/3C16H13N.2C15H12N2.C14H12N2/c1-12-16(13-7-3-2-4-8-13)15-10-6-5-9-14(15)11-17-12;1-12-15-10-6-5-9-14(15)11-17-16(12)13-7-3-2-4-8-13;1-12-11-15(13-7-3-2-4-8-13)14-9-5-6-10-16(14)17-12;1-11-16-14-10-6-5-9-13(14)15(17-11)12-7-3-2-4-8-12;1-11-13-9-5-6-10-14(13)17-15(16-11)12-7-3-2-4-8-12;1-11-14(12-7-3-2-4-8-12)15-13-9-5-6-10-16(11)13/h3*2-11H,1H3;2*2-10H,1H3;2-10H,1H3. The number of fused-ring (bicyclic) bond motifs is 6. The summed E-state index contributed by atoms with van der Waals surface area (Å²) in [5, 5.41) is 8.37. The van der Waals surface area contributed by atoms with Crippen molar-refractivity contribution in [2.45, 2.75) is 41.5 Å². The normalized spacial score (nSPS) is 10.7. The summed E-state index contributed by atoms with van der Waals surface area (Å²) in [5.41, 5.74) is 22.3. The third-order valence-corrected chi connectivity index (χ3v) is 17.5. The Morgan fingerprint density at radius 1 is 0.277 bits per heavy atom. The lowest BCUT2D eigenvalue weighted by Crippen LogP contribution is -1.93. The fourth-order valence-corrected chi connectivity index (χ4v) is 12.5. The molecule has 0 aliphatic carbocycles. The van der Waals surface area contributed by atoms with Crippen molar-refractivity contribution in [3.8, 4) is 67.4 Å². The maximum atomic E-state index is 4.65. The van der Waals surface area contributed by atoms with Gasteiger partial charge < -0.3 is 4.40 Å². The van der Waals surface area contributed by atoms with Crippen LogP contribution in [-0.2, 0) is 0 Å². The van der Waals surface area contributed by atoms with Gasteiger partial charge >= 0.3 is 0 Å². The van der Waals surface area contributed by atoms with Crippen LogP contribution in [0.5, 0.6) is 0 Å². The van der Waals surface area contributed by atoms with Crippen LogP contribution in [0.3, 0.4) is 0 Å². The number of hydrogen-bond donors (Lipinski definition) is 0. The van der Waals surface area contributed by atoms with E-state index >= 15 is 0 Å². The minimum Gasteiger partial charge on any atom is -0.304 e. The summed E-state index contributed by atoms with van der Waals surface area (Å²) in [6, 6.07) is 111. The van der Waals surface area contributed by atoms with E-state index in [-0.39, 0.29) is 0 Å². The summed E-state index contributed by atoms with van der Waals surface area (Å²) >= 11 is 0. The van der Waals surface area contributed by atoms with Gasteiger partial charge in [0.2, 0.25) is 0 Å². The van der Waals surface area contributed by atoms with Gasteiger partial charge in [-0.3, -0.25) is 15.0 Å². The predicted molar refractivity (Wildman–Crippen MR) is 421 cm³/mol. The van der Waals surface area contributed by atoms with Crippen LogP contribution >= 0.6 is 0 Å². The Hall–Kier alpha value is -13.0. The van der Waals surface area contributed by atoms with Crippen molar-refractivity contribution in [1.82, 2.24) is 44.3 Å². The number of aromatic nitrogens is 9. The fraction of sp³-hybridized carbons (Fsp3) is 0.0652. The molecular weight excluding hydrogens is 1230 g/mol. The summed E-state index contributed by atoms with van der Waals surface area (Å²) in [6.45, 7) is 12.3. The number of nitrogens with zero attached hydrogens (tertiary/aromatic N) is 9. The van der Waals surface area contributed by atoms with Crippen LogP contribution in [0.1, 0.15) is 34.2 Å². The van der Waals surface area contributed by atoms with Crippen molar-refractivity contribution >= 4 is 59.9 Å². The van der Waals surface area contributed by atoms with E-state index in [1.165, 1.54) is 71.6 Å². The van der Waals surface area contributed by atoms with Gasteiger partial charge in [0.05, 0.1) is 33.6 Å². The van der Waals surface area contributed by atoms with E-state index in [1.54, 1.807) is 0 Å². The van der Waals surface area contributed by atoms with Crippen LogP contribution in [0.25, 0.3) is 127 Å². The van der Waals surface area contributed by atoms with E-state index in [4.69, 9.17) is 0 Å². The van der Waals surface area contributed by atoms with Gasteiger partial charge in [-0.15, -0.1) is 0 Å². The number of imidazole rings is 1. The Morgan fingerprint density at radius 2 is 0.713 bits per heavy atom. The second-order valence-corrected chi connectivity index (χ2v) is 24.4. The predicted octanol–water partition coefficient (Wildman–Crippen LogP) is 23.2. The molecule has 0 bridgehead atoms. The van der Waals surface area contributed by atoms with Crippen molar-refractivity contribution < 1.29 is 0 Å². The number of rotatable bonds is 6. The van der Waals surface area contributed by atoms with Gasteiger partial charge in [0.1, 0.15) is 11.5 Å². The average Bonchev–Trinajstić information content (AvgIpc) is 1.54. The first kappa shape index (κ1) is 66.6. The molecule has 0 aliphatic rings. The van der Waals surface area contributed by atoms with Crippen molar-refractivity contribution in [2.24, 2.45) is 0 Å². The summed E-state index contributed by atoms with van der Waals surface area (Å²) in [4.78, 5) is 36.4. The molecule has 18 aromatic rings. The molecule has 0 N–H and O–H groups in total. The highest BCUT2D eigenvalue weighted by molar-refractivity contribution is 5.98. The van der Waals surface area contributed by atoms with Crippen molar-refractivity contribution in [2.75, 3.05) is 0 Å². The van der Waals surface area contributed by atoms with Gasteiger partial charge in [-0.05, 0) is 111 Å². The van der Waals surface area contributed by atoms with Crippen molar-refractivity contribution in [3.05, 3.63) is 380 Å². The van der Waals surface area contributed by atoms with E-state index in [2.05, 4.69) is 223 Å². The maximum absolute atomic E-state index is 4.65. The van der Waals surface area contributed by atoms with Crippen LogP contribution in [0.2, 0.25) is 0 Å². The van der Waals surface area contributed by atoms with Crippen LogP contribution in [0.15, 0.2) is 346 Å². The first-order valence-corrected chi connectivity index (χ1v) is 33.9. The van der Waals surface area contributed by atoms with E-state index in [9.17, 15) is 0 Å². The molecule has 0 saturated heterocycles. The highest BCUT2D eigenvalue weighted by Gasteiger charge is 2.13. The highest BCUT2D eigenvalue weighted by Crippen LogP contribution is 2.33. The van der Waals surface area contributed by atoms with Crippen LogP contribution in [0, 0.1) is 41.5 Å². The molecule has 0 saturated carbocycles. The van der Waals surface area contributed by atoms with Gasteiger partial charge in [-0.2, -0.15) is 0 Å². The zero-order valence-electron chi connectivity index (χ0n) is 57.4. The summed E-state index contributed by atoms with van der Waals surface area (Å²) in [7, 11) is 0. The van der Waals surface area contributed by atoms with Gasteiger partial charge in [-0.1, -0.05) is 291 Å². The van der Waals surface area contributed by atoms with Crippen LogP contribution in [-0.4, -0.2) is 44.3 Å². The van der Waals surface area contributed by atoms with Crippen molar-refractivity contribution in [1.29, 1.82) is 0 Å². The van der Waals surface area contributed by atoms with Gasteiger partial charge in [-0.25, -0.2) is 24.9 Å². The number of benzene rings is 11. The maximum Gasteiger partial charge on any atom is 0.160 e. The molecule has 0 unspecified atom stereocenters. The molecule has 18 rings (SSSR count). The molecule has 9 nitrogen and oxygen atoms in total. The lowest BCUT2D eigenvalue weighted by molar-refractivity contribution is 1.10. The van der Waals surface area contributed by atoms with E-state index < -0.39 is 0 Å². The van der Waals surface area contributed by atoms with Crippen LogP contribution < -0.4 is 0 Å². The molecule has 0 spiro atoms. The Kier molecular flexibility index (Phi) is 21.1. The largest absolute Gasteiger partial charge is 0.304 e. The second-order valence-electron chi connectivity index (χ2n) is 24.4. The molecule has 0 atom stereocenters. The quantitative estimate of drug-likeness (QED) is 0.162. The van der Waals surface area contributed by atoms with E-state index in [0.29, 0.717) is 0 Å². The molecule has 7 aromatic heterocycles. The average molecular weight is 1310 g/mol. The zero-order valence-corrected chi connectivity index (χ0v) is 57.4. The molecule has 101 heavy (non-hydrogen) atoms. The lowest BCUT2D eigenvalue weighted by Gasteiger charge is -2.09. The smallest absolute Gasteiger partial charge is 0.160 e. The van der Waals surface area contributed by atoms with Gasteiger partial charge in [0.15, 0.2) is 5.82 Å². The summed E-state index contributed by atoms with van der Waals surface area (Å²) in [6.07, 6.45) is 5.94. The Balaban J connectivity index is 0.000000108. The lowest BCUT2D eigenvalue weighted by atomic mass is 9.98. The number of aryl methyl sites for hydroxylation is 6. The van der Waals surface area contributed by atoms with E-state index in [0.717, 1.165) is 89.9 Å². The third kappa shape index (κ3) is 15.9. The monoisotopic (exact) mass is 1310 g/mol. The van der Waals surface area contributed by atoms with Crippen molar-refractivity contribution in [3.63, 3.8) is 0 Å². The Bertz CT molecular complexity index is 5640. The molecule has 11 aromatic carbocycles. The minimum absolute atomic E-state index is 0.793. The highest BCUT2D eigenvalue weighted by atomic mass is 15.0. The fourth-order valence-electron chi connectivity index (χ4n) is 12.5. The second kappa shape index (κ2) is 31.9. The number of pyridine rings is 4. The molecule has 0 aliphatic heterocycles. The first-order chi connectivity index (χ1) is 49.6. The number of para-hydroxylation sites is 3. The summed E-state index contributed by atoms with van der Waals surface area (Å²) < 4.78 is 2.11. The van der Waals surface area contributed by atoms with Crippen LogP contribution in [0.4, 0.5) is 0 Å². The minimum atomic E-state index is 0.793. The molecule has 7 heterocycles. The SMILES string of the molecule is Cc1c(-c2ccccc2)nc2ccccn12.Cc1c(-c2ccccc2)ncc2ccccc12.Cc1cc(-c2ccccc2)c2ccccc2n1.Cc1nc(-c2ccccc2)c2ccccc2n1.Cc1nc(-c2ccccc2)nc2ccccc12.Cc1ncc2ccccc2c1-c1ccccc1. The molecular formula is C92H75N9. The van der Waals surface area contributed by atoms with Gasteiger partial charge in [0, 0.05) is 96.1 Å². The van der Waals surface area contributed by atoms with Gasteiger partial charge in [0.25, 0.3) is 0 Å². The molecule has 0 amide bonds. The molecule has 0 radical (unpaired) electrons. The topological polar surface area (TPSA) is 108 Å². The molecule has 488 valence electrons. The summed E-state index contributed by atoms with van der Waals surface area (Å²) in [5.74, 6) is 1.60. The van der Waals surface area contributed by atoms with E-state index in [1.807, 2.05) is 209 Å². The molecule has 0 fully saturated rings. The zero-order chi connectivity index (χ0) is 69.3. The first-order valence-electron chi connectivity index (χ1n) is 33.9. The molecule has 9 heteroatoms. The Morgan fingerprint density at radius 3 is 1.31 bits per heavy atom. The number of hydrogen-bond acceptors (Lipinski definition) is 8. The third-order valence-electron chi connectivity index (χ3n) is 17.5.